The van der Waals surface area contributed by atoms with E-state index in [1.807, 2.05) is 0 Å². The predicted molar refractivity (Wildman–Crippen MR) is 64.8 cm³/mol. The van der Waals surface area contributed by atoms with Crippen molar-refractivity contribution in [1.82, 2.24) is 0 Å². The normalized spacial score (nSPS) is 10.3. The SMILES string of the molecule is CN(C(=O)CN)c1ccc(Cl)c(CO)c1Cl. The van der Waals surface area contributed by atoms with Crippen LogP contribution in [-0.4, -0.2) is 24.6 Å². The summed E-state index contributed by atoms with van der Waals surface area (Å²) in [6, 6.07) is 3.19. The van der Waals surface area contributed by atoms with Crippen molar-refractivity contribution in [3.05, 3.63) is 27.7 Å². The molecule has 0 spiro atoms. The number of aliphatic hydroxyl groups excluding tert-OH is 1. The van der Waals surface area contributed by atoms with Crippen LogP contribution in [-0.2, 0) is 11.4 Å². The van der Waals surface area contributed by atoms with E-state index in [1.165, 1.54) is 4.90 Å². The molecule has 0 atom stereocenters. The number of rotatable bonds is 3. The van der Waals surface area contributed by atoms with Gasteiger partial charge in [0.25, 0.3) is 0 Å². The molecule has 1 aromatic rings. The predicted octanol–water partition coefficient (Wildman–Crippen LogP) is 1.41. The summed E-state index contributed by atoms with van der Waals surface area (Å²) < 4.78 is 0. The van der Waals surface area contributed by atoms with Crippen molar-refractivity contribution in [2.45, 2.75) is 6.61 Å². The number of carbonyl (C=O) groups is 1. The molecule has 16 heavy (non-hydrogen) atoms. The number of benzene rings is 1. The van der Waals surface area contributed by atoms with Crippen LogP contribution in [0.2, 0.25) is 10.0 Å². The Hall–Kier alpha value is -0.810. The maximum absolute atomic E-state index is 11.4. The molecule has 4 nitrogen and oxygen atoms in total. The van der Waals surface area contributed by atoms with E-state index < -0.39 is 0 Å². The summed E-state index contributed by atoms with van der Waals surface area (Å²) in [7, 11) is 1.56. The monoisotopic (exact) mass is 262 g/mol. The van der Waals surface area contributed by atoms with Crippen molar-refractivity contribution in [2.75, 3.05) is 18.5 Å². The zero-order valence-corrected chi connectivity index (χ0v) is 10.2. The number of nitrogens with two attached hydrogens (primary N) is 1. The summed E-state index contributed by atoms with van der Waals surface area (Å²) in [6.45, 7) is -0.389. The van der Waals surface area contributed by atoms with E-state index in [4.69, 9.17) is 34.0 Å². The Kier molecular flexibility index (Phi) is 4.56. The van der Waals surface area contributed by atoms with Crippen molar-refractivity contribution < 1.29 is 9.90 Å². The molecular weight excluding hydrogens is 251 g/mol. The van der Waals surface area contributed by atoms with E-state index in [-0.39, 0.29) is 24.1 Å². The Bertz CT molecular complexity index is 410. The van der Waals surface area contributed by atoms with Crippen LogP contribution in [0.15, 0.2) is 12.1 Å². The molecule has 0 bridgehead atoms. The van der Waals surface area contributed by atoms with Crippen LogP contribution in [0.25, 0.3) is 0 Å². The average Bonchev–Trinajstić information content (AvgIpc) is 2.28. The highest BCUT2D eigenvalue weighted by atomic mass is 35.5. The van der Waals surface area contributed by atoms with Gasteiger partial charge >= 0.3 is 0 Å². The molecule has 1 rings (SSSR count). The molecule has 0 unspecified atom stereocenters. The number of likely N-dealkylation sites (N-methyl/N-ethyl adjacent to an activating group) is 1. The largest absolute Gasteiger partial charge is 0.392 e. The number of anilines is 1. The molecule has 0 aromatic heterocycles. The fourth-order valence-electron chi connectivity index (χ4n) is 1.26. The highest BCUT2D eigenvalue weighted by molar-refractivity contribution is 6.38. The maximum atomic E-state index is 11.4. The molecule has 0 saturated heterocycles. The zero-order chi connectivity index (χ0) is 12.3. The lowest BCUT2D eigenvalue weighted by Crippen LogP contribution is -2.32. The van der Waals surface area contributed by atoms with Crippen molar-refractivity contribution in [3.63, 3.8) is 0 Å². The number of amides is 1. The number of hydrogen-bond donors (Lipinski definition) is 2. The van der Waals surface area contributed by atoms with Gasteiger partial charge in [-0.05, 0) is 12.1 Å². The van der Waals surface area contributed by atoms with Crippen LogP contribution < -0.4 is 10.6 Å². The van der Waals surface area contributed by atoms with Gasteiger partial charge in [-0.15, -0.1) is 0 Å². The molecule has 3 N–H and O–H groups in total. The molecule has 1 amide bonds. The summed E-state index contributed by atoms with van der Waals surface area (Å²) in [5.41, 5.74) is 6.13. The summed E-state index contributed by atoms with van der Waals surface area (Å²) in [5.74, 6) is -0.270. The fourth-order valence-corrected chi connectivity index (χ4v) is 1.88. The second kappa shape index (κ2) is 5.50. The number of carbonyl (C=O) groups excluding carboxylic acids is 1. The Labute approximate surface area is 104 Å². The van der Waals surface area contributed by atoms with Gasteiger partial charge in [-0.2, -0.15) is 0 Å². The van der Waals surface area contributed by atoms with Gasteiger partial charge in [-0.25, -0.2) is 0 Å². The summed E-state index contributed by atoms with van der Waals surface area (Å²) in [4.78, 5) is 12.7. The standard InChI is InChI=1S/C10H12Cl2N2O2/c1-14(9(16)4-13)8-3-2-7(11)6(5-15)10(8)12/h2-3,15H,4-5,13H2,1H3. The first-order valence-electron chi connectivity index (χ1n) is 4.57. The number of nitrogens with zero attached hydrogens (tertiary/aromatic N) is 1. The lowest BCUT2D eigenvalue weighted by atomic mass is 10.2. The smallest absolute Gasteiger partial charge is 0.240 e. The topological polar surface area (TPSA) is 66.6 Å². The van der Waals surface area contributed by atoms with Gasteiger partial charge in [0.2, 0.25) is 5.91 Å². The minimum Gasteiger partial charge on any atom is -0.392 e. The van der Waals surface area contributed by atoms with Gasteiger partial charge in [0.1, 0.15) is 0 Å². The van der Waals surface area contributed by atoms with Crippen LogP contribution in [0, 0.1) is 0 Å². The van der Waals surface area contributed by atoms with Crippen molar-refractivity contribution in [3.8, 4) is 0 Å². The van der Waals surface area contributed by atoms with E-state index in [0.29, 0.717) is 16.3 Å². The Morgan fingerprint density at radius 1 is 1.50 bits per heavy atom. The summed E-state index contributed by atoms with van der Waals surface area (Å²) >= 11 is 11.9. The Morgan fingerprint density at radius 2 is 2.12 bits per heavy atom. The van der Waals surface area contributed by atoms with Crippen LogP contribution in [0.1, 0.15) is 5.56 Å². The molecule has 88 valence electrons. The number of aliphatic hydroxyl groups is 1. The van der Waals surface area contributed by atoms with Gasteiger partial charge in [-0.3, -0.25) is 4.79 Å². The van der Waals surface area contributed by atoms with Crippen LogP contribution in [0.3, 0.4) is 0 Å². The van der Waals surface area contributed by atoms with Gasteiger partial charge < -0.3 is 15.7 Å². The van der Waals surface area contributed by atoms with Gasteiger partial charge in [0.05, 0.1) is 23.9 Å². The first-order chi connectivity index (χ1) is 7.52. The minimum atomic E-state index is -0.282. The molecule has 0 radical (unpaired) electrons. The Balaban J connectivity index is 3.20. The van der Waals surface area contributed by atoms with E-state index >= 15 is 0 Å². The third-order valence-corrected chi connectivity index (χ3v) is 3.01. The molecule has 0 heterocycles. The summed E-state index contributed by atoms with van der Waals surface area (Å²) in [5, 5.41) is 9.73. The minimum absolute atomic E-state index is 0.107. The Morgan fingerprint density at radius 3 is 2.62 bits per heavy atom. The van der Waals surface area contributed by atoms with Crippen LogP contribution in [0.4, 0.5) is 5.69 Å². The molecule has 1 aromatic carbocycles. The molecule has 0 aliphatic heterocycles. The van der Waals surface area contributed by atoms with E-state index in [0.717, 1.165) is 0 Å². The van der Waals surface area contributed by atoms with Crippen molar-refractivity contribution >= 4 is 34.8 Å². The number of hydrogen-bond acceptors (Lipinski definition) is 3. The third kappa shape index (κ3) is 2.47. The molecule has 0 saturated carbocycles. The van der Waals surface area contributed by atoms with E-state index in [2.05, 4.69) is 0 Å². The second-order valence-electron chi connectivity index (χ2n) is 3.17. The first kappa shape index (κ1) is 13.3. The average molecular weight is 263 g/mol. The van der Waals surface area contributed by atoms with E-state index in [1.54, 1.807) is 19.2 Å². The molecular formula is C10H12Cl2N2O2. The fraction of sp³-hybridized carbons (Fsp3) is 0.300. The lowest BCUT2D eigenvalue weighted by Gasteiger charge is -2.19. The molecule has 0 aliphatic carbocycles. The maximum Gasteiger partial charge on any atom is 0.240 e. The first-order valence-corrected chi connectivity index (χ1v) is 5.32. The highest BCUT2D eigenvalue weighted by Gasteiger charge is 2.16. The highest BCUT2D eigenvalue weighted by Crippen LogP contribution is 2.33. The second-order valence-corrected chi connectivity index (χ2v) is 3.96. The van der Waals surface area contributed by atoms with Crippen LogP contribution >= 0.6 is 23.2 Å². The van der Waals surface area contributed by atoms with Gasteiger partial charge in [0, 0.05) is 17.6 Å². The van der Waals surface area contributed by atoms with Crippen molar-refractivity contribution in [2.24, 2.45) is 5.73 Å². The van der Waals surface area contributed by atoms with E-state index in [9.17, 15) is 4.79 Å². The molecule has 6 heteroatoms. The number of halogens is 2. The van der Waals surface area contributed by atoms with Gasteiger partial charge in [-0.1, -0.05) is 23.2 Å². The lowest BCUT2D eigenvalue weighted by molar-refractivity contribution is -0.117. The molecule has 0 aliphatic rings. The van der Waals surface area contributed by atoms with Gasteiger partial charge in [0.15, 0.2) is 0 Å². The zero-order valence-electron chi connectivity index (χ0n) is 8.70. The van der Waals surface area contributed by atoms with Crippen molar-refractivity contribution in [1.29, 1.82) is 0 Å². The van der Waals surface area contributed by atoms with Crippen LogP contribution in [0.5, 0.6) is 0 Å². The third-order valence-electron chi connectivity index (χ3n) is 2.23. The molecule has 0 fully saturated rings. The summed E-state index contributed by atoms with van der Waals surface area (Å²) in [6.07, 6.45) is 0. The quantitative estimate of drug-likeness (QED) is 0.866.